The number of halogens is 4. The van der Waals surface area contributed by atoms with Gasteiger partial charge in [-0.15, -0.1) is 11.3 Å². The van der Waals surface area contributed by atoms with Crippen molar-refractivity contribution in [3.05, 3.63) is 57.0 Å². The minimum Gasteiger partial charge on any atom is -0.369 e. The van der Waals surface area contributed by atoms with E-state index in [1.165, 1.54) is 12.5 Å². The average molecular weight is 542 g/mol. The van der Waals surface area contributed by atoms with Crippen LogP contribution < -0.4 is 10.6 Å². The van der Waals surface area contributed by atoms with Gasteiger partial charge in [0.15, 0.2) is 5.78 Å². The van der Waals surface area contributed by atoms with Gasteiger partial charge in [0, 0.05) is 37.7 Å². The predicted octanol–water partition coefficient (Wildman–Crippen LogP) is 4.60. The number of hydrogen-bond donors (Lipinski definition) is 2. The molecule has 1 atom stereocenters. The van der Waals surface area contributed by atoms with Crippen molar-refractivity contribution in [1.29, 1.82) is 0 Å². The number of nitrogens with zero attached hydrogens (tertiary/aromatic N) is 5. The molecule has 1 unspecified atom stereocenters. The van der Waals surface area contributed by atoms with E-state index in [2.05, 4.69) is 30.6 Å². The van der Waals surface area contributed by atoms with E-state index >= 15 is 0 Å². The second kappa shape index (κ2) is 11.7. The van der Waals surface area contributed by atoms with Gasteiger partial charge in [-0.25, -0.2) is 19.9 Å². The zero-order valence-corrected chi connectivity index (χ0v) is 21.1. The van der Waals surface area contributed by atoms with Crippen LogP contribution in [0.25, 0.3) is 0 Å². The summed E-state index contributed by atoms with van der Waals surface area (Å²) in [6.07, 6.45) is -1.16. The van der Waals surface area contributed by atoms with E-state index in [-0.39, 0.29) is 34.5 Å². The van der Waals surface area contributed by atoms with Gasteiger partial charge in [-0.05, 0) is 20.2 Å². The van der Waals surface area contributed by atoms with E-state index in [1.807, 2.05) is 19.0 Å². The van der Waals surface area contributed by atoms with Crippen molar-refractivity contribution in [3.63, 3.8) is 0 Å². The number of likely N-dealkylation sites (N-methyl/N-ethyl adjacent to an activating group) is 1. The fourth-order valence-electron chi connectivity index (χ4n) is 3.01. The van der Waals surface area contributed by atoms with Gasteiger partial charge in [-0.2, -0.15) is 13.2 Å². The molecule has 14 heteroatoms. The summed E-state index contributed by atoms with van der Waals surface area (Å²) in [6, 6.07) is 2.24. The number of Topliss-reactive ketones (excluding diaryl/α,β-unsaturated/α-hetero) is 1. The van der Waals surface area contributed by atoms with Crippen molar-refractivity contribution in [2.45, 2.75) is 25.4 Å². The molecule has 2 N–H and O–H groups in total. The van der Waals surface area contributed by atoms with Gasteiger partial charge in [0.1, 0.15) is 28.5 Å². The molecule has 0 radical (unpaired) electrons. The third-order valence-electron chi connectivity index (χ3n) is 4.88. The molecule has 0 saturated carbocycles. The number of thiazole rings is 1. The fraction of sp³-hybridized carbons (Fsp3) is 0.364. The van der Waals surface area contributed by atoms with Gasteiger partial charge < -0.3 is 15.5 Å². The van der Waals surface area contributed by atoms with Crippen LogP contribution in [0.3, 0.4) is 0 Å². The second-order valence-corrected chi connectivity index (χ2v) is 9.58. The van der Waals surface area contributed by atoms with Crippen molar-refractivity contribution < 1.29 is 22.8 Å². The molecule has 0 bridgehead atoms. The molecule has 3 rings (SSSR count). The van der Waals surface area contributed by atoms with Crippen LogP contribution in [-0.4, -0.2) is 63.7 Å². The largest absolute Gasteiger partial charge is 0.418 e. The molecule has 0 aliphatic rings. The minimum absolute atomic E-state index is 0.0937. The lowest BCUT2D eigenvalue weighted by molar-refractivity contribution is -0.137. The normalized spacial score (nSPS) is 12.4. The maximum Gasteiger partial charge on any atom is 0.418 e. The summed E-state index contributed by atoms with van der Waals surface area (Å²) < 4.78 is 39.1. The standard InChI is InChI=1S/C22H23ClF3N7O2S/c1-12(6-16(34)15-8-18(31-11-30-15)27-4-5-33(2)3)21-29-10-17(36-21)20(35)32-19-7-13(22(24,25)26)14(23)9-28-19/h7-12H,4-6H2,1-3H3,(H,27,30,31)(H,28,32,35). The SMILES string of the molecule is CC(CC(=O)c1cc(NCCN(C)C)ncn1)c1ncc(C(=O)Nc2cc(C(F)(F)F)c(Cl)cn2)s1. The van der Waals surface area contributed by atoms with Gasteiger partial charge in [0.25, 0.3) is 5.91 Å². The summed E-state index contributed by atoms with van der Waals surface area (Å²) in [5, 5.41) is 5.40. The smallest absolute Gasteiger partial charge is 0.369 e. The molecule has 0 aliphatic carbocycles. The molecule has 0 aromatic carbocycles. The lowest BCUT2D eigenvalue weighted by Gasteiger charge is -2.11. The number of pyridine rings is 1. The number of amides is 1. The monoisotopic (exact) mass is 541 g/mol. The molecular formula is C22H23ClF3N7O2S. The number of hydrogen-bond acceptors (Lipinski definition) is 9. The number of anilines is 2. The molecule has 0 aliphatic heterocycles. The molecule has 0 fully saturated rings. The van der Waals surface area contributed by atoms with Gasteiger partial charge in [-0.1, -0.05) is 18.5 Å². The Morgan fingerprint density at radius 2 is 1.86 bits per heavy atom. The van der Waals surface area contributed by atoms with Gasteiger partial charge in [-0.3, -0.25) is 9.59 Å². The molecule has 3 aromatic rings. The first-order valence-corrected chi connectivity index (χ1v) is 11.9. The Balaban J connectivity index is 1.62. The molecule has 192 valence electrons. The van der Waals surface area contributed by atoms with Gasteiger partial charge in [0.05, 0.1) is 21.8 Å². The third-order valence-corrected chi connectivity index (χ3v) is 6.41. The molecule has 9 nitrogen and oxygen atoms in total. The third kappa shape index (κ3) is 7.42. The first-order valence-electron chi connectivity index (χ1n) is 10.7. The summed E-state index contributed by atoms with van der Waals surface area (Å²) in [5.41, 5.74) is -0.847. The van der Waals surface area contributed by atoms with Gasteiger partial charge in [0.2, 0.25) is 0 Å². The number of rotatable bonds is 10. The van der Waals surface area contributed by atoms with E-state index in [4.69, 9.17) is 11.6 Å². The Bertz CT molecular complexity index is 1240. The Morgan fingerprint density at radius 1 is 1.11 bits per heavy atom. The van der Waals surface area contributed by atoms with Crippen molar-refractivity contribution in [3.8, 4) is 0 Å². The zero-order valence-electron chi connectivity index (χ0n) is 19.6. The highest BCUT2D eigenvalue weighted by Crippen LogP contribution is 2.35. The summed E-state index contributed by atoms with van der Waals surface area (Å²) in [7, 11) is 3.90. The van der Waals surface area contributed by atoms with E-state index in [1.54, 1.807) is 13.0 Å². The van der Waals surface area contributed by atoms with Crippen LogP contribution in [0.15, 0.2) is 30.9 Å². The quantitative estimate of drug-likeness (QED) is 0.358. The van der Waals surface area contributed by atoms with Crippen molar-refractivity contribution in [2.24, 2.45) is 0 Å². The van der Waals surface area contributed by atoms with E-state index in [9.17, 15) is 22.8 Å². The number of nitrogens with one attached hydrogen (secondary N) is 2. The Kier molecular flexibility index (Phi) is 8.93. The van der Waals surface area contributed by atoms with E-state index < -0.39 is 22.7 Å². The van der Waals surface area contributed by atoms with Crippen molar-refractivity contribution in [2.75, 3.05) is 37.8 Å². The lowest BCUT2D eigenvalue weighted by Crippen LogP contribution is -2.21. The molecule has 36 heavy (non-hydrogen) atoms. The number of aromatic nitrogens is 4. The van der Waals surface area contributed by atoms with Crippen LogP contribution in [0.2, 0.25) is 5.02 Å². The number of alkyl halides is 3. The maximum atomic E-state index is 13.0. The van der Waals surface area contributed by atoms with E-state index in [0.29, 0.717) is 23.4 Å². The summed E-state index contributed by atoms with van der Waals surface area (Å²) in [5.74, 6) is -0.972. The Hall–Kier alpha value is -3.16. The fourth-order valence-corrected chi connectivity index (χ4v) is 4.08. The van der Waals surface area contributed by atoms with Crippen LogP contribution in [-0.2, 0) is 6.18 Å². The number of carbonyl (C=O) groups excluding carboxylic acids is 2. The summed E-state index contributed by atoms with van der Waals surface area (Å²) in [4.78, 5) is 43.5. The molecule has 3 aromatic heterocycles. The van der Waals surface area contributed by atoms with Crippen LogP contribution in [0, 0.1) is 0 Å². The van der Waals surface area contributed by atoms with Crippen LogP contribution in [0.1, 0.15) is 50.0 Å². The second-order valence-electron chi connectivity index (χ2n) is 8.11. The highest BCUT2D eigenvalue weighted by molar-refractivity contribution is 7.13. The first-order chi connectivity index (χ1) is 16.9. The van der Waals surface area contributed by atoms with Crippen LogP contribution in [0.5, 0.6) is 0 Å². The molecule has 0 saturated heterocycles. The van der Waals surface area contributed by atoms with Crippen LogP contribution >= 0.6 is 22.9 Å². The van der Waals surface area contributed by atoms with Crippen molar-refractivity contribution in [1.82, 2.24) is 24.8 Å². The Labute approximate surface area is 214 Å². The molecule has 1 amide bonds. The highest BCUT2D eigenvalue weighted by Gasteiger charge is 2.34. The first kappa shape index (κ1) is 27.4. The molecular weight excluding hydrogens is 519 g/mol. The lowest BCUT2D eigenvalue weighted by atomic mass is 10.0. The molecule has 0 spiro atoms. The number of ketones is 1. The maximum absolute atomic E-state index is 13.0. The average Bonchev–Trinajstić information content (AvgIpc) is 3.30. The topological polar surface area (TPSA) is 113 Å². The summed E-state index contributed by atoms with van der Waals surface area (Å²) >= 11 is 6.59. The Morgan fingerprint density at radius 3 is 2.56 bits per heavy atom. The zero-order chi connectivity index (χ0) is 26.5. The van der Waals surface area contributed by atoms with Gasteiger partial charge >= 0.3 is 6.18 Å². The van der Waals surface area contributed by atoms with Crippen molar-refractivity contribution >= 4 is 46.3 Å². The minimum atomic E-state index is -4.69. The predicted molar refractivity (Wildman–Crippen MR) is 131 cm³/mol. The number of carbonyl (C=O) groups is 2. The molecule has 3 heterocycles. The highest BCUT2D eigenvalue weighted by atomic mass is 35.5. The van der Waals surface area contributed by atoms with Crippen LogP contribution in [0.4, 0.5) is 24.8 Å². The van der Waals surface area contributed by atoms with E-state index in [0.717, 1.165) is 24.1 Å². The summed E-state index contributed by atoms with van der Waals surface area (Å²) in [6.45, 7) is 3.23.